The van der Waals surface area contributed by atoms with Gasteiger partial charge in [0.1, 0.15) is 5.75 Å². The molecule has 0 aliphatic rings. The minimum atomic E-state index is 0.567. The van der Waals surface area contributed by atoms with Crippen molar-refractivity contribution in [2.75, 3.05) is 7.11 Å². The quantitative estimate of drug-likeness (QED) is 0.608. The first-order valence-electron chi connectivity index (χ1n) is 4.41. The summed E-state index contributed by atoms with van der Waals surface area (Å²) in [7, 11) is 1.73. The number of alkyl halides is 1. The van der Waals surface area contributed by atoms with Crippen molar-refractivity contribution in [3.8, 4) is 5.75 Å². The number of hydrogen-bond donors (Lipinski definition) is 0. The molecule has 0 heterocycles. The van der Waals surface area contributed by atoms with Crippen LogP contribution in [0, 0.1) is 0 Å². The Kier molecular flexibility index (Phi) is 4.03. The van der Waals surface area contributed by atoms with Crippen molar-refractivity contribution in [3.63, 3.8) is 0 Å². The van der Waals surface area contributed by atoms with Gasteiger partial charge < -0.3 is 4.74 Å². The van der Waals surface area contributed by atoms with E-state index in [1.807, 2.05) is 0 Å². The molecule has 13 heavy (non-hydrogen) atoms. The zero-order chi connectivity index (χ0) is 9.84. The third-order valence-electron chi connectivity index (χ3n) is 2.12. The number of hydrogen-bond acceptors (Lipinski definition) is 1. The molecule has 72 valence electrons. The molecule has 0 aliphatic carbocycles. The fourth-order valence-corrected chi connectivity index (χ4v) is 1.86. The predicted molar refractivity (Wildman–Crippen MR) is 64.8 cm³/mol. The molecule has 0 aliphatic heterocycles. The van der Waals surface area contributed by atoms with Crippen molar-refractivity contribution in [3.05, 3.63) is 29.3 Å². The summed E-state index contributed by atoms with van der Waals surface area (Å²) in [6.45, 7) is 4.39. The average molecular weight is 290 g/mol. The number of benzene rings is 1. The minimum absolute atomic E-state index is 0.567. The van der Waals surface area contributed by atoms with E-state index in [1.165, 1.54) is 11.1 Å². The van der Waals surface area contributed by atoms with Gasteiger partial charge in [-0.2, -0.15) is 0 Å². The highest BCUT2D eigenvalue weighted by molar-refractivity contribution is 14.1. The second-order valence-corrected chi connectivity index (χ2v) is 4.12. The maximum Gasteiger partial charge on any atom is 0.123 e. The van der Waals surface area contributed by atoms with Crippen LogP contribution in [0.1, 0.15) is 30.9 Å². The van der Waals surface area contributed by atoms with Gasteiger partial charge in [-0.05, 0) is 17.5 Å². The van der Waals surface area contributed by atoms with E-state index < -0.39 is 0 Å². The maximum atomic E-state index is 5.32. The fraction of sp³-hybridized carbons (Fsp3) is 0.455. The molecule has 0 unspecified atom stereocenters. The monoisotopic (exact) mass is 290 g/mol. The molecule has 0 saturated heterocycles. The van der Waals surface area contributed by atoms with Crippen LogP contribution in [0.25, 0.3) is 0 Å². The molecule has 0 bridgehead atoms. The van der Waals surface area contributed by atoms with E-state index in [4.69, 9.17) is 4.74 Å². The average Bonchev–Trinajstić information content (AvgIpc) is 2.16. The van der Waals surface area contributed by atoms with Gasteiger partial charge in [-0.1, -0.05) is 48.6 Å². The molecule has 0 saturated carbocycles. The zero-order valence-electron chi connectivity index (χ0n) is 8.30. The van der Waals surface area contributed by atoms with E-state index in [9.17, 15) is 0 Å². The molecule has 0 radical (unpaired) electrons. The van der Waals surface area contributed by atoms with E-state index in [1.54, 1.807) is 7.11 Å². The van der Waals surface area contributed by atoms with Crippen molar-refractivity contribution < 1.29 is 4.74 Å². The van der Waals surface area contributed by atoms with Crippen molar-refractivity contribution in [2.24, 2.45) is 0 Å². The predicted octanol–water partition coefficient (Wildman–Crippen LogP) is 3.75. The van der Waals surface area contributed by atoms with Crippen LogP contribution in [-0.4, -0.2) is 7.11 Å². The third kappa shape index (κ3) is 2.59. The van der Waals surface area contributed by atoms with Crippen LogP contribution >= 0.6 is 22.6 Å². The standard InChI is InChI=1S/C11H15IO/c1-8(2)9-4-5-10(7-12)11(6-9)13-3/h4-6,8H,7H2,1-3H3. The van der Waals surface area contributed by atoms with Crippen LogP contribution in [0.15, 0.2) is 18.2 Å². The van der Waals surface area contributed by atoms with Gasteiger partial charge in [0.15, 0.2) is 0 Å². The van der Waals surface area contributed by atoms with Gasteiger partial charge in [-0.3, -0.25) is 0 Å². The Morgan fingerprint density at radius 1 is 1.38 bits per heavy atom. The van der Waals surface area contributed by atoms with Gasteiger partial charge in [0.05, 0.1) is 7.11 Å². The summed E-state index contributed by atoms with van der Waals surface area (Å²) in [5, 5.41) is 0. The summed E-state index contributed by atoms with van der Waals surface area (Å²) in [4.78, 5) is 0. The Morgan fingerprint density at radius 2 is 2.08 bits per heavy atom. The summed E-state index contributed by atoms with van der Waals surface area (Å²) in [5.41, 5.74) is 2.61. The van der Waals surface area contributed by atoms with Gasteiger partial charge in [0, 0.05) is 9.99 Å². The van der Waals surface area contributed by atoms with Crippen molar-refractivity contribution in [1.82, 2.24) is 0 Å². The highest BCUT2D eigenvalue weighted by Crippen LogP contribution is 2.26. The lowest BCUT2D eigenvalue weighted by molar-refractivity contribution is 0.411. The molecule has 1 aromatic rings. The minimum Gasteiger partial charge on any atom is -0.496 e. The fourth-order valence-electron chi connectivity index (χ4n) is 1.23. The topological polar surface area (TPSA) is 9.23 Å². The van der Waals surface area contributed by atoms with E-state index >= 15 is 0 Å². The number of ether oxygens (including phenoxy) is 1. The SMILES string of the molecule is COc1cc(C(C)C)ccc1CI. The van der Waals surface area contributed by atoms with Crippen LogP contribution in [0.5, 0.6) is 5.75 Å². The van der Waals surface area contributed by atoms with Crippen molar-refractivity contribution in [1.29, 1.82) is 0 Å². The molecule has 1 rings (SSSR count). The Bertz CT molecular complexity index is 281. The first kappa shape index (κ1) is 10.8. The summed E-state index contributed by atoms with van der Waals surface area (Å²) in [6, 6.07) is 6.47. The molecule has 0 N–H and O–H groups in total. The zero-order valence-corrected chi connectivity index (χ0v) is 10.5. The summed E-state index contributed by atoms with van der Waals surface area (Å²) in [5.74, 6) is 1.58. The summed E-state index contributed by atoms with van der Waals surface area (Å²) in [6.07, 6.45) is 0. The van der Waals surface area contributed by atoms with Crippen LogP contribution in [-0.2, 0) is 4.43 Å². The molecule has 0 amide bonds. The summed E-state index contributed by atoms with van der Waals surface area (Å²) >= 11 is 2.35. The highest BCUT2D eigenvalue weighted by Gasteiger charge is 2.05. The molecule has 0 atom stereocenters. The first-order chi connectivity index (χ1) is 6.19. The molecule has 1 nitrogen and oxygen atoms in total. The van der Waals surface area contributed by atoms with Gasteiger partial charge in [0.25, 0.3) is 0 Å². The van der Waals surface area contributed by atoms with E-state index in [0.717, 1.165) is 10.2 Å². The largest absolute Gasteiger partial charge is 0.496 e. The van der Waals surface area contributed by atoms with Crippen LogP contribution in [0.4, 0.5) is 0 Å². The second kappa shape index (κ2) is 4.84. The Hall–Kier alpha value is -0.250. The Morgan fingerprint density at radius 3 is 2.54 bits per heavy atom. The van der Waals surface area contributed by atoms with Crippen molar-refractivity contribution >= 4 is 22.6 Å². The number of rotatable bonds is 3. The van der Waals surface area contributed by atoms with Gasteiger partial charge in [-0.25, -0.2) is 0 Å². The number of methoxy groups -OCH3 is 1. The summed E-state index contributed by atoms with van der Waals surface area (Å²) < 4.78 is 6.32. The lowest BCUT2D eigenvalue weighted by Gasteiger charge is -2.10. The molecular formula is C11H15IO. The van der Waals surface area contributed by atoms with Crippen molar-refractivity contribution in [2.45, 2.75) is 24.2 Å². The van der Waals surface area contributed by atoms with E-state index in [-0.39, 0.29) is 0 Å². The first-order valence-corrected chi connectivity index (χ1v) is 5.94. The molecule has 0 aromatic heterocycles. The molecule has 0 spiro atoms. The highest BCUT2D eigenvalue weighted by atomic mass is 127. The number of halogens is 1. The lowest BCUT2D eigenvalue weighted by atomic mass is 10.0. The van der Waals surface area contributed by atoms with Gasteiger partial charge in [0.2, 0.25) is 0 Å². The second-order valence-electron chi connectivity index (χ2n) is 3.36. The van der Waals surface area contributed by atoms with Crippen LogP contribution in [0.2, 0.25) is 0 Å². The molecule has 2 heteroatoms. The lowest BCUT2D eigenvalue weighted by Crippen LogP contribution is -1.93. The van der Waals surface area contributed by atoms with Gasteiger partial charge >= 0.3 is 0 Å². The molecular weight excluding hydrogens is 275 g/mol. The van der Waals surface area contributed by atoms with Crippen LogP contribution in [0.3, 0.4) is 0 Å². The molecule has 1 aromatic carbocycles. The normalized spacial score (nSPS) is 10.5. The smallest absolute Gasteiger partial charge is 0.123 e. The van der Waals surface area contributed by atoms with E-state index in [2.05, 4.69) is 54.6 Å². The molecule has 0 fully saturated rings. The van der Waals surface area contributed by atoms with E-state index in [0.29, 0.717) is 5.92 Å². The Labute approximate surface area is 93.6 Å². The van der Waals surface area contributed by atoms with Crippen LogP contribution < -0.4 is 4.74 Å². The third-order valence-corrected chi connectivity index (χ3v) is 2.94. The maximum absolute atomic E-state index is 5.32. The van der Waals surface area contributed by atoms with Gasteiger partial charge in [-0.15, -0.1) is 0 Å². The Balaban J connectivity index is 3.05.